The van der Waals surface area contributed by atoms with E-state index >= 15 is 0 Å². The fourth-order valence-corrected chi connectivity index (χ4v) is 4.96. The predicted octanol–water partition coefficient (Wildman–Crippen LogP) is 6.80. The van der Waals surface area contributed by atoms with Gasteiger partial charge in [0.2, 0.25) is 5.69 Å². The molecule has 1 aromatic heterocycles. The Labute approximate surface area is 170 Å². The fourth-order valence-electron chi connectivity index (χ4n) is 4.96. The molecule has 0 spiro atoms. The van der Waals surface area contributed by atoms with Gasteiger partial charge in [-0.15, -0.1) is 0 Å². The Morgan fingerprint density at radius 3 is 2.43 bits per heavy atom. The van der Waals surface area contributed by atoms with Crippen LogP contribution in [0.1, 0.15) is 67.8 Å². The minimum atomic E-state index is 0.683. The largest absolute Gasteiger partial charge is 0.220 e. The zero-order valence-corrected chi connectivity index (χ0v) is 18.2. The number of aromatic nitrogens is 1. The summed E-state index contributed by atoms with van der Waals surface area (Å²) in [5.41, 5.74) is 8.42. The van der Waals surface area contributed by atoms with E-state index in [0.29, 0.717) is 5.92 Å². The summed E-state index contributed by atoms with van der Waals surface area (Å²) in [6.07, 6.45) is 6.60. The number of hydrogen-bond donors (Lipinski definition) is 0. The molecule has 0 unspecified atom stereocenters. The van der Waals surface area contributed by atoms with Crippen molar-refractivity contribution in [3.8, 4) is 11.3 Å². The van der Waals surface area contributed by atoms with E-state index in [2.05, 4.69) is 81.8 Å². The normalized spacial score (nSPS) is 15.1. The van der Waals surface area contributed by atoms with E-state index in [-0.39, 0.29) is 0 Å². The molecular weight excluding hydrogens is 338 g/mol. The van der Waals surface area contributed by atoms with Crippen molar-refractivity contribution >= 4 is 10.8 Å². The van der Waals surface area contributed by atoms with Crippen molar-refractivity contribution in [2.24, 2.45) is 13.0 Å². The summed E-state index contributed by atoms with van der Waals surface area (Å²) in [6.45, 7) is 9.08. The molecule has 146 valence electrons. The van der Waals surface area contributed by atoms with Crippen molar-refractivity contribution < 1.29 is 4.57 Å². The standard InChI is InChI=1S/C27H34N/c1-18(2)14-21-11-13-25-24(16-21)15-20(4)28(5)27(25)26-17-23(12-10-19(26)3)22-8-6-7-9-22/h10-13,15-18,22H,6-9,14H2,1-5H3/q+1. The molecule has 1 heterocycles. The molecule has 1 fully saturated rings. The zero-order valence-electron chi connectivity index (χ0n) is 18.2. The highest BCUT2D eigenvalue weighted by Gasteiger charge is 2.23. The average molecular weight is 373 g/mol. The molecule has 1 nitrogen and oxygen atoms in total. The summed E-state index contributed by atoms with van der Waals surface area (Å²) in [6, 6.07) is 16.6. The molecule has 1 aliphatic carbocycles. The minimum absolute atomic E-state index is 0.683. The van der Waals surface area contributed by atoms with Gasteiger partial charge in [0, 0.05) is 18.6 Å². The Hall–Kier alpha value is -2.15. The lowest BCUT2D eigenvalue weighted by Gasteiger charge is -2.15. The number of aryl methyl sites for hydroxylation is 2. The van der Waals surface area contributed by atoms with Crippen LogP contribution in [0.5, 0.6) is 0 Å². The third kappa shape index (κ3) is 3.60. The summed E-state index contributed by atoms with van der Waals surface area (Å²) >= 11 is 0. The van der Waals surface area contributed by atoms with Crippen LogP contribution >= 0.6 is 0 Å². The average Bonchev–Trinajstić information content (AvgIpc) is 3.18. The van der Waals surface area contributed by atoms with Gasteiger partial charge in [0.25, 0.3) is 0 Å². The topological polar surface area (TPSA) is 3.88 Å². The monoisotopic (exact) mass is 372 g/mol. The lowest BCUT2D eigenvalue weighted by molar-refractivity contribution is -0.665. The maximum Gasteiger partial charge on any atom is 0.220 e. The molecular formula is C27H34N+. The van der Waals surface area contributed by atoms with E-state index in [9.17, 15) is 0 Å². The molecule has 1 heteroatoms. The second-order valence-corrected chi connectivity index (χ2v) is 9.27. The molecule has 4 rings (SSSR count). The summed E-state index contributed by atoms with van der Waals surface area (Å²) in [7, 11) is 2.22. The van der Waals surface area contributed by atoms with E-state index < -0.39 is 0 Å². The Morgan fingerprint density at radius 2 is 1.71 bits per heavy atom. The molecule has 0 N–H and O–H groups in total. The minimum Gasteiger partial charge on any atom is -0.198 e. The van der Waals surface area contributed by atoms with Crippen molar-refractivity contribution in [1.29, 1.82) is 0 Å². The quantitative estimate of drug-likeness (QED) is 0.443. The van der Waals surface area contributed by atoms with Crippen LogP contribution in [0.3, 0.4) is 0 Å². The molecule has 0 atom stereocenters. The van der Waals surface area contributed by atoms with Gasteiger partial charge in [0.05, 0.1) is 5.39 Å². The van der Waals surface area contributed by atoms with Gasteiger partial charge in [0.1, 0.15) is 7.05 Å². The molecule has 2 aromatic carbocycles. The number of pyridine rings is 1. The molecule has 0 amide bonds. The highest BCUT2D eigenvalue weighted by Crippen LogP contribution is 2.37. The SMILES string of the molecule is Cc1ccc(C2CCCC2)cc1-c1c2ccc(CC(C)C)cc2cc(C)[n+]1C. The zero-order chi connectivity index (χ0) is 19.8. The van der Waals surface area contributed by atoms with E-state index in [1.54, 1.807) is 0 Å². The Morgan fingerprint density at radius 1 is 0.964 bits per heavy atom. The summed E-state index contributed by atoms with van der Waals surface area (Å²) in [4.78, 5) is 0. The summed E-state index contributed by atoms with van der Waals surface area (Å²) < 4.78 is 2.38. The van der Waals surface area contributed by atoms with Crippen LogP contribution in [0.4, 0.5) is 0 Å². The van der Waals surface area contributed by atoms with Crippen LogP contribution in [0.15, 0.2) is 42.5 Å². The molecule has 3 aromatic rings. The Kier molecular flexibility index (Phi) is 5.27. The number of nitrogens with zero attached hydrogens (tertiary/aromatic N) is 1. The maximum absolute atomic E-state index is 2.49. The molecule has 1 saturated carbocycles. The first kappa shape index (κ1) is 19.2. The molecule has 0 radical (unpaired) electrons. The van der Waals surface area contributed by atoms with E-state index in [4.69, 9.17) is 0 Å². The third-order valence-electron chi connectivity index (χ3n) is 6.59. The molecule has 0 aliphatic heterocycles. The van der Waals surface area contributed by atoms with Crippen LogP contribution in [-0.2, 0) is 13.5 Å². The van der Waals surface area contributed by atoms with Gasteiger partial charge in [-0.2, -0.15) is 4.57 Å². The van der Waals surface area contributed by atoms with Gasteiger partial charge in [-0.05, 0) is 72.2 Å². The number of fused-ring (bicyclic) bond motifs is 1. The fraction of sp³-hybridized carbons (Fsp3) is 0.444. The van der Waals surface area contributed by atoms with Gasteiger partial charge in [0.15, 0.2) is 5.69 Å². The van der Waals surface area contributed by atoms with Crippen LogP contribution in [0.25, 0.3) is 22.0 Å². The van der Waals surface area contributed by atoms with E-state index in [0.717, 1.165) is 12.3 Å². The van der Waals surface area contributed by atoms with Crippen LogP contribution in [0, 0.1) is 19.8 Å². The maximum atomic E-state index is 2.49. The highest BCUT2D eigenvalue weighted by atomic mass is 14.9. The molecule has 0 bridgehead atoms. The molecule has 0 saturated heterocycles. The Bertz CT molecular complexity index is 1010. The van der Waals surface area contributed by atoms with Crippen LogP contribution < -0.4 is 4.57 Å². The van der Waals surface area contributed by atoms with Crippen molar-refractivity contribution in [2.75, 3.05) is 0 Å². The van der Waals surface area contributed by atoms with Gasteiger partial charge in [-0.3, -0.25) is 0 Å². The van der Waals surface area contributed by atoms with E-state index in [1.165, 1.54) is 70.1 Å². The van der Waals surface area contributed by atoms with E-state index in [1.807, 2.05) is 0 Å². The van der Waals surface area contributed by atoms with Gasteiger partial charge >= 0.3 is 0 Å². The van der Waals surface area contributed by atoms with Crippen molar-refractivity contribution in [3.63, 3.8) is 0 Å². The number of rotatable bonds is 4. The van der Waals surface area contributed by atoms with Gasteiger partial charge < -0.3 is 0 Å². The van der Waals surface area contributed by atoms with Crippen LogP contribution in [0.2, 0.25) is 0 Å². The first-order valence-corrected chi connectivity index (χ1v) is 11.0. The van der Waals surface area contributed by atoms with Crippen molar-refractivity contribution in [1.82, 2.24) is 0 Å². The van der Waals surface area contributed by atoms with Gasteiger partial charge in [-0.25, -0.2) is 0 Å². The predicted molar refractivity (Wildman–Crippen MR) is 120 cm³/mol. The summed E-state index contributed by atoms with van der Waals surface area (Å²) in [5.74, 6) is 1.43. The van der Waals surface area contributed by atoms with Crippen molar-refractivity contribution in [3.05, 3.63) is 64.8 Å². The third-order valence-corrected chi connectivity index (χ3v) is 6.59. The lowest BCUT2D eigenvalue weighted by Crippen LogP contribution is -2.35. The molecule has 1 aliphatic rings. The Balaban J connectivity index is 1.90. The number of hydrogen-bond acceptors (Lipinski definition) is 0. The first-order chi connectivity index (χ1) is 13.4. The smallest absolute Gasteiger partial charge is 0.198 e. The summed E-state index contributed by atoms with van der Waals surface area (Å²) in [5, 5.41) is 2.74. The first-order valence-electron chi connectivity index (χ1n) is 11.0. The number of benzene rings is 2. The second kappa shape index (κ2) is 7.70. The lowest BCUT2D eigenvalue weighted by atomic mass is 9.90. The second-order valence-electron chi connectivity index (χ2n) is 9.27. The van der Waals surface area contributed by atoms with Crippen molar-refractivity contribution in [2.45, 2.75) is 65.7 Å². The van der Waals surface area contributed by atoms with Crippen LogP contribution in [-0.4, -0.2) is 0 Å². The van der Waals surface area contributed by atoms with Gasteiger partial charge in [-0.1, -0.05) is 51.0 Å². The highest BCUT2D eigenvalue weighted by molar-refractivity contribution is 5.94. The molecule has 28 heavy (non-hydrogen) atoms.